The minimum Gasteiger partial charge on any atom is -0.346 e. The third-order valence-electron chi connectivity index (χ3n) is 2.23. The van der Waals surface area contributed by atoms with E-state index in [9.17, 15) is 18.0 Å². The van der Waals surface area contributed by atoms with Gasteiger partial charge in [-0.1, -0.05) is 0 Å². The number of carbonyl (C=O) groups is 1. The van der Waals surface area contributed by atoms with Gasteiger partial charge in [0, 0.05) is 6.20 Å². The number of rotatable bonds is 3. The molecule has 0 unspecified atom stereocenters. The fourth-order valence-electron chi connectivity index (χ4n) is 1.34. The van der Waals surface area contributed by atoms with Crippen LogP contribution in [0.15, 0.2) is 30.0 Å². The number of alkyl halides is 3. The monoisotopic (exact) mass is 287 g/mol. The van der Waals surface area contributed by atoms with E-state index in [0.29, 0.717) is 4.88 Å². The highest BCUT2D eigenvalue weighted by atomic mass is 32.1. The van der Waals surface area contributed by atoms with E-state index < -0.39 is 11.7 Å². The molecule has 0 fully saturated rings. The summed E-state index contributed by atoms with van der Waals surface area (Å²) < 4.78 is 37.4. The van der Waals surface area contributed by atoms with E-state index in [-0.39, 0.29) is 18.1 Å². The van der Waals surface area contributed by atoms with Crippen LogP contribution in [0.5, 0.6) is 0 Å². The van der Waals surface area contributed by atoms with Gasteiger partial charge in [0.25, 0.3) is 5.91 Å². The summed E-state index contributed by atoms with van der Waals surface area (Å²) in [5, 5.41) is 2.48. The fourth-order valence-corrected chi connectivity index (χ4v) is 1.87. The number of hydrogen-bond donors (Lipinski definition) is 1. The molecule has 2 aromatic rings. The topological polar surface area (TPSA) is 54.9 Å². The Balaban J connectivity index is 2.02. The molecular weight excluding hydrogens is 279 g/mol. The predicted octanol–water partition coefficient (Wildman–Crippen LogP) is 2.49. The second kappa shape index (κ2) is 5.35. The lowest BCUT2D eigenvalue weighted by Gasteiger charge is -2.08. The summed E-state index contributed by atoms with van der Waals surface area (Å²) in [5.41, 5.74) is 0.856. The van der Waals surface area contributed by atoms with Gasteiger partial charge in [0.2, 0.25) is 0 Å². The molecule has 0 aliphatic rings. The van der Waals surface area contributed by atoms with Crippen molar-refractivity contribution in [2.75, 3.05) is 0 Å². The molecule has 0 saturated heterocycles. The molecule has 1 amide bonds. The van der Waals surface area contributed by atoms with Crippen LogP contribution in [-0.2, 0) is 12.7 Å². The van der Waals surface area contributed by atoms with E-state index >= 15 is 0 Å². The van der Waals surface area contributed by atoms with Crippen LogP contribution in [0.4, 0.5) is 13.2 Å². The number of hydrogen-bond acceptors (Lipinski definition) is 4. The summed E-state index contributed by atoms with van der Waals surface area (Å²) in [4.78, 5) is 19.5. The van der Waals surface area contributed by atoms with Crippen molar-refractivity contribution in [3.63, 3.8) is 0 Å². The zero-order valence-electron chi connectivity index (χ0n) is 9.44. The Kier molecular flexibility index (Phi) is 3.79. The molecule has 0 saturated carbocycles. The second-order valence-corrected chi connectivity index (χ2v) is 4.47. The van der Waals surface area contributed by atoms with Crippen LogP contribution in [-0.4, -0.2) is 15.9 Å². The average molecular weight is 287 g/mol. The molecule has 2 rings (SSSR count). The van der Waals surface area contributed by atoms with Crippen LogP contribution >= 0.6 is 11.3 Å². The molecule has 19 heavy (non-hydrogen) atoms. The van der Waals surface area contributed by atoms with Crippen LogP contribution in [0.1, 0.15) is 20.9 Å². The van der Waals surface area contributed by atoms with Crippen LogP contribution in [0, 0.1) is 0 Å². The van der Waals surface area contributed by atoms with Gasteiger partial charge in [-0.25, -0.2) is 0 Å². The molecule has 0 radical (unpaired) electrons. The Morgan fingerprint density at radius 1 is 1.42 bits per heavy atom. The van der Waals surface area contributed by atoms with E-state index in [4.69, 9.17) is 0 Å². The van der Waals surface area contributed by atoms with Gasteiger partial charge in [0.1, 0.15) is 4.88 Å². The Hall–Kier alpha value is -1.96. The molecule has 0 aliphatic carbocycles. The normalized spacial score (nSPS) is 11.3. The molecule has 0 aromatic carbocycles. The van der Waals surface area contributed by atoms with Gasteiger partial charge in [-0.2, -0.15) is 13.2 Å². The van der Waals surface area contributed by atoms with E-state index in [1.807, 2.05) is 0 Å². The number of halogens is 3. The summed E-state index contributed by atoms with van der Waals surface area (Å²) in [6, 6.07) is 1.79. The van der Waals surface area contributed by atoms with Crippen molar-refractivity contribution in [1.82, 2.24) is 15.3 Å². The summed E-state index contributed by atoms with van der Waals surface area (Å²) in [6.45, 7) is -0.0688. The van der Waals surface area contributed by atoms with Gasteiger partial charge >= 0.3 is 6.18 Å². The molecule has 0 spiro atoms. The zero-order valence-corrected chi connectivity index (χ0v) is 10.3. The fraction of sp³-hybridized carbons (Fsp3) is 0.182. The van der Waals surface area contributed by atoms with Crippen LogP contribution in [0.25, 0.3) is 0 Å². The molecule has 0 aliphatic heterocycles. The summed E-state index contributed by atoms with van der Waals surface area (Å²) in [6.07, 6.45) is -1.96. The van der Waals surface area contributed by atoms with Gasteiger partial charge < -0.3 is 5.32 Å². The molecule has 0 bridgehead atoms. The number of nitrogens with zero attached hydrogens (tertiary/aromatic N) is 2. The summed E-state index contributed by atoms with van der Waals surface area (Å²) in [7, 11) is 0. The van der Waals surface area contributed by atoms with E-state index in [1.165, 1.54) is 11.7 Å². The van der Waals surface area contributed by atoms with E-state index in [1.54, 1.807) is 0 Å². The van der Waals surface area contributed by atoms with Crippen molar-refractivity contribution in [2.45, 2.75) is 12.7 Å². The largest absolute Gasteiger partial charge is 0.416 e. The first-order chi connectivity index (χ1) is 8.97. The Morgan fingerprint density at radius 2 is 2.21 bits per heavy atom. The van der Waals surface area contributed by atoms with Crippen molar-refractivity contribution in [2.24, 2.45) is 0 Å². The van der Waals surface area contributed by atoms with Gasteiger partial charge in [-0.05, 0) is 12.1 Å². The molecule has 8 heteroatoms. The second-order valence-electron chi connectivity index (χ2n) is 3.58. The number of aromatic nitrogens is 2. The number of carbonyl (C=O) groups excluding carboxylic acids is 1. The predicted molar refractivity (Wildman–Crippen MR) is 62.5 cm³/mol. The molecule has 2 heterocycles. The Bertz CT molecular complexity index is 569. The first kappa shape index (κ1) is 13.5. The molecule has 1 N–H and O–H groups in total. The highest BCUT2D eigenvalue weighted by Crippen LogP contribution is 2.28. The standard InChI is InChI=1S/C11H8F3N3OS/c12-11(13,14)7-1-2-16-8(3-7)4-17-10(18)9-5-15-6-19-9/h1-3,5-6H,4H2,(H,17,18). The first-order valence-corrected chi connectivity index (χ1v) is 6.03. The van der Waals surface area contributed by atoms with E-state index in [2.05, 4.69) is 15.3 Å². The number of amides is 1. The number of pyridine rings is 1. The maximum atomic E-state index is 12.5. The third kappa shape index (κ3) is 3.50. The molecular formula is C11H8F3N3OS. The maximum Gasteiger partial charge on any atom is 0.416 e. The lowest BCUT2D eigenvalue weighted by molar-refractivity contribution is -0.137. The molecule has 2 aromatic heterocycles. The quantitative estimate of drug-likeness (QED) is 0.943. The van der Waals surface area contributed by atoms with Crippen molar-refractivity contribution in [3.05, 3.63) is 46.2 Å². The van der Waals surface area contributed by atoms with Gasteiger partial charge in [0.05, 0.1) is 29.5 Å². The van der Waals surface area contributed by atoms with Crippen molar-refractivity contribution in [1.29, 1.82) is 0 Å². The van der Waals surface area contributed by atoms with Gasteiger partial charge in [0.15, 0.2) is 0 Å². The van der Waals surface area contributed by atoms with Crippen LogP contribution in [0.3, 0.4) is 0 Å². The minimum atomic E-state index is -4.42. The molecule has 0 atom stereocenters. The smallest absolute Gasteiger partial charge is 0.346 e. The number of thiazole rings is 1. The van der Waals surface area contributed by atoms with Gasteiger partial charge in [-0.3, -0.25) is 14.8 Å². The SMILES string of the molecule is O=C(NCc1cc(C(F)(F)F)ccn1)c1cncs1. The Labute approximate surface area is 110 Å². The lowest BCUT2D eigenvalue weighted by Crippen LogP contribution is -2.22. The third-order valence-corrected chi connectivity index (χ3v) is 3.00. The van der Waals surface area contributed by atoms with Crippen LogP contribution < -0.4 is 5.32 Å². The first-order valence-electron chi connectivity index (χ1n) is 5.15. The lowest BCUT2D eigenvalue weighted by atomic mass is 10.2. The summed E-state index contributed by atoms with van der Waals surface area (Å²) in [5.74, 6) is -0.387. The van der Waals surface area contributed by atoms with Crippen molar-refractivity contribution in [3.8, 4) is 0 Å². The molecule has 100 valence electrons. The zero-order chi connectivity index (χ0) is 13.9. The van der Waals surface area contributed by atoms with Crippen molar-refractivity contribution < 1.29 is 18.0 Å². The molecule has 4 nitrogen and oxygen atoms in total. The van der Waals surface area contributed by atoms with E-state index in [0.717, 1.165) is 29.7 Å². The maximum absolute atomic E-state index is 12.5. The number of nitrogens with one attached hydrogen (secondary N) is 1. The minimum absolute atomic E-state index is 0.0688. The van der Waals surface area contributed by atoms with Gasteiger partial charge in [-0.15, -0.1) is 11.3 Å². The van der Waals surface area contributed by atoms with Crippen LogP contribution in [0.2, 0.25) is 0 Å². The highest BCUT2D eigenvalue weighted by molar-refractivity contribution is 7.11. The Morgan fingerprint density at radius 3 is 2.84 bits per heavy atom. The average Bonchev–Trinajstić information content (AvgIpc) is 2.89. The van der Waals surface area contributed by atoms with Crippen molar-refractivity contribution >= 4 is 17.2 Å². The summed E-state index contributed by atoms with van der Waals surface area (Å²) >= 11 is 1.15. The highest BCUT2D eigenvalue weighted by Gasteiger charge is 2.30.